The Morgan fingerprint density at radius 2 is 2.10 bits per heavy atom. The summed E-state index contributed by atoms with van der Waals surface area (Å²) < 4.78 is 25.3. The number of carbonyl (C=O) groups is 1. The zero-order valence-corrected chi connectivity index (χ0v) is 13.3. The van der Waals surface area contributed by atoms with E-state index in [0.717, 1.165) is 12.5 Å². The Balaban J connectivity index is 0.00000106. The number of pyridine rings is 1. The van der Waals surface area contributed by atoms with Crippen LogP contribution in [0.4, 0.5) is 8.78 Å². The van der Waals surface area contributed by atoms with Crippen LogP contribution in [0.25, 0.3) is 0 Å². The lowest BCUT2D eigenvalue weighted by atomic mass is 9.92. The summed E-state index contributed by atoms with van der Waals surface area (Å²) in [5.41, 5.74) is 1.03. The van der Waals surface area contributed by atoms with E-state index in [1.165, 1.54) is 0 Å². The van der Waals surface area contributed by atoms with Gasteiger partial charge >= 0.3 is 0 Å². The molecule has 0 saturated carbocycles. The van der Waals surface area contributed by atoms with Crippen molar-refractivity contribution in [1.29, 1.82) is 0 Å². The minimum Gasteiger partial charge on any atom is -0.341 e. The van der Waals surface area contributed by atoms with Crippen molar-refractivity contribution in [3.05, 3.63) is 29.0 Å². The van der Waals surface area contributed by atoms with E-state index >= 15 is 0 Å². The van der Waals surface area contributed by atoms with Crippen molar-refractivity contribution in [2.24, 2.45) is 0 Å². The molecule has 6 heteroatoms. The van der Waals surface area contributed by atoms with Crippen molar-refractivity contribution >= 4 is 17.5 Å². The average molecular weight is 319 g/mol. The van der Waals surface area contributed by atoms with E-state index in [2.05, 4.69) is 4.98 Å². The Labute approximate surface area is 129 Å². The standard InChI is InChI=1S/C13H15ClF2N2O.C2H6/c1-13(15,16)4-2-12(19)18-7-10(8-18)9-3-5-17-11(14)6-9;1-2/h3,5-6,10H,2,4,7-8H2,1H3;1-2H3. The summed E-state index contributed by atoms with van der Waals surface area (Å²) in [5.74, 6) is -2.76. The molecule has 0 radical (unpaired) electrons. The fraction of sp³-hybridized carbons (Fsp3) is 0.600. The van der Waals surface area contributed by atoms with Gasteiger partial charge in [0.2, 0.25) is 11.8 Å². The predicted molar refractivity (Wildman–Crippen MR) is 79.8 cm³/mol. The van der Waals surface area contributed by atoms with Crippen molar-refractivity contribution in [3.63, 3.8) is 0 Å². The predicted octanol–water partition coefficient (Wildman–Crippen LogP) is 4.12. The molecule has 1 aromatic heterocycles. The van der Waals surface area contributed by atoms with Crippen molar-refractivity contribution in [1.82, 2.24) is 9.88 Å². The lowest BCUT2D eigenvalue weighted by Gasteiger charge is -2.39. The molecule has 0 unspecified atom stereocenters. The maximum Gasteiger partial charge on any atom is 0.245 e. The molecule has 0 spiro atoms. The molecule has 118 valence electrons. The Hall–Kier alpha value is -1.23. The van der Waals surface area contributed by atoms with Crippen molar-refractivity contribution in [3.8, 4) is 0 Å². The van der Waals surface area contributed by atoms with Crippen molar-refractivity contribution < 1.29 is 13.6 Å². The minimum atomic E-state index is -2.78. The smallest absolute Gasteiger partial charge is 0.245 e. The number of halogens is 3. The van der Waals surface area contributed by atoms with Crippen LogP contribution in [0, 0.1) is 0 Å². The number of alkyl halides is 2. The van der Waals surface area contributed by atoms with Crippen LogP contribution in [0.1, 0.15) is 45.1 Å². The SMILES string of the molecule is CC.CC(F)(F)CCC(=O)N1CC(c2ccnc(Cl)c2)C1. The molecule has 0 aromatic carbocycles. The third kappa shape index (κ3) is 5.58. The van der Waals surface area contributed by atoms with Gasteiger partial charge in [-0.3, -0.25) is 4.79 Å². The molecule has 0 aliphatic carbocycles. The maximum absolute atomic E-state index is 12.7. The number of aromatic nitrogens is 1. The maximum atomic E-state index is 12.7. The fourth-order valence-corrected chi connectivity index (χ4v) is 2.23. The molecule has 2 rings (SSSR count). The van der Waals surface area contributed by atoms with Crippen LogP contribution in [-0.4, -0.2) is 34.8 Å². The molecule has 21 heavy (non-hydrogen) atoms. The van der Waals surface area contributed by atoms with Gasteiger partial charge in [-0.2, -0.15) is 0 Å². The summed E-state index contributed by atoms with van der Waals surface area (Å²) in [5, 5.41) is 0.424. The first-order valence-corrected chi connectivity index (χ1v) is 7.50. The van der Waals surface area contributed by atoms with Gasteiger partial charge in [0.25, 0.3) is 0 Å². The molecule has 1 fully saturated rings. The summed E-state index contributed by atoms with van der Waals surface area (Å²) in [6.45, 7) is 5.96. The number of rotatable bonds is 4. The normalized spacial score (nSPS) is 15.0. The van der Waals surface area contributed by atoms with E-state index in [0.29, 0.717) is 18.2 Å². The molecule has 1 aliphatic heterocycles. The highest BCUT2D eigenvalue weighted by Gasteiger charge is 2.33. The first-order valence-electron chi connectivity index (χ1n) is 7.12. The Kier molecular flexibility index (Phi) is 6.52. The van der Waals surface area contributed by atoms with Gasteiger partial charge in [-0.1, -0.05) is 25.4 Å². The molecule has 0 bridgehead atoms. The molecule has 3 nitrogen and oxygen atoms in total. The summed E-state index contributed by atoms with van der Waals surface area (Å²) in [7, 11) is 0. The average Bonchev–Trinajstić information content (AvgIpc) is 2.36. The van der Waals surface area contributed by atoms with Crippen LogP contribution >= 0.6 is 11.6 Å². The van der Waals surface area contributed by atoms with Crippen LogP contribution in [0.15, 0.2) is 18.3 Å². The molecule has 1 aromatic rings. The van der Waals surface area contributed by atoms with Gasteiger partial charge in [0.1, 0.15) is 5.15 Å². The van der Waals surface area contributed by atoms with Gasteiger partial charge in [-0.25, -0.2) is 13.8 Å². The van der Waals surface area contributed by atoms with Gasteiger partial charge in [-0.05, 0) is 24.6 Å². The monoisotopic (exact) mass is 318 g/mol. The van der Waals surface area contributed by atoms with Gasteiger partial charge in [0, 0.05) is 38.0 Å². The summed E-state index contributed by atoms with van der Waals surface area (Å²) in [4.78, 5) is 17.2. The molecule has 0 atom stereocenters. The molecule has 1 amide bonds. The quantitative estimate of drug-likeness (QED) is 0.782. The van der Waals surface area contributed by atoms with E-state index in [9.17, 15) is 13.6 Å². The number of hydrogen-bond donors (Lipinski definition) is 0. The first kappa shape index (κ1) is 17.8. The minimum absolute atomic E-state index is 0.104. The Morgan fingerprint density at radius 3 is 2.62 bits per heavy atom. The van der Waals surface area contributed by atoms with E-state index in [1.807, 2.05) is 19.9 Å². The molecular formula is C15H21ClF2N2O. The van der Waals surface area contributed by atoms with Crippen molar-refractivity contribution in [2.75, 3.05) is 13.1 Å². The second-order valence-electron chi connectivity index (χ2n) is 4.98. The summed E-state index contributed by atoms with van der Waals surface area (Å²) in [6.07, 6.45) is 1.13. The van der Waals surface area contributed by atoms with E-state index < -0.39 is 12.3 Å². The number of hydrogen-bond acceptors (Lipinski definition) is 2. The van der Waals surface area contributed by atoms with Gasteiger partial charge in [0.15, 0.2) is 0 Å². The van der Waals surface area contributed by atoms with Crippen LogP contribution in [0.2, 0.25) is 5.15 Å². The topological polar surface area (TPSA) is 33.2 Å². The number of nitrogens with zero attached hydrogens (tertiary/aromatic N) is 2. The first-order chi connectivity index (χ1) is 9.85. The number of likely N-dealkylation sites (tertiary alicyclic amines) is 1. The molecule has 0 N–H and O–H groups in total. The van der Waals surface area contributed by atoms with Gasteiger partial charge in [0.05, 0.1) is 0 Å². The van der Waals surface area contributed by atoms with Crippen LogP contribution in [0.3, 0.4) is 0 Å². The molecule has 2 heterocycles. The molecular weight excluding hydrogens is 298 g/mol. The van der Waals surface area contributed by atoms with E-state index in [-0.39, 0.29) is 18.2 Å². The second kappa shape index (κ2) is 7.69. The highest BCUT2D eigenvalue weighted by Crippen LogP contribution is 2.29. The highest BCUT2D eigenvalue weighted by atomic mass is 35.5. The zero-order valence-electron chi connectivity index (χ0n) is 12.6. The Bertz CT molecular complexity index is 471. The van der Waals surface area contributed by atoms with E-state index in [4.69, 9.17) is 11.6 Å². The molecule has 1 aliphatic rings. The van der Waals surface area contributed by atoms with Crippen LogP contribution in [-0.2, 0) is 4.79 Å². The van der Waals surface area contributed by atoms with Crippen molar-refractivity contribution in [2.45, 2.75) is 45.5 Å². The number of carbonyl (C=O) groups excluding carboxylic acids is 1. The largest absolute Gasteiger partial charge is 0.341 e. The summed E-state index contributed by atoms with van der Waals surface area (Å²) in [6, 6.07) is 3.63. The third-order valence-corrected chi connectivity index (χ3v) is 3.44. The third-order valence-electron chi connectivity index (χ3n) is 3.23. The highest BCUT2D eigenvalue weighted by molar-refractivity contribution is 6.29. The van der Waals surface area contributed by atoms with Gasteiger partial charge < -0.3 is 4.90 Å². The summed E-state index contributed by atoms with van der Waals surface area (Å²) >= 11 is 5.79. The lowest BCUT2D eigenvalue weighted by molar-refractivity contribution is -0.137. The van der Waals surface area contributed by atoms with Crippen LogP contribution < -0.4 is 0 Å². The Morgan fingerprint density at radius 1 is 1.48 bits per heavy atom. The second-order valence-corrected chi connectivity index (χ2v) is 5.37. The van der Waals surface area contributed by atoms with Crippen LogP contribution in [0.5, 0.6) is 0 Å². The van der Waals surface area contributed by atoms with Gasteiger partial charge in [-0.15, -0.1) is 0 Å². The number of amides is 1. The zero-order chi connectivity index (χ0) is 16.0. The molecule has 1 saturated heterocycles. The lowest BCUT2D eigenvalue weighted by Crippen LogP contribution is -2.48. The fourth-order valence-electron chi connectivity index (χ4n) is 2.05. The van der Waals surface area contributed by atoms with E-state index in [1.54, 1.807) is 17.2 Å².